The second-order valence-corrected chi connectivity index (χ2v) is 3.72. The molecule has 0 radical (unpaired) electrons. The van der Waals surface area contributed by atoms with Crippen molar-refractivity contribution in [2.24, 2.45) is 5.73 Å². The zero-order valence-corrected chi connectivity index (χ0v) is 9.48. The van der Waals surface area contributed by atoms with Crippen molar-refractivity contribution in [3.05, 3.63) is 0 Å². The predicted octanol–water partition coefficient (Wildman–Crippen LogP) is -0.544. The van der Waals surface area contributed by atoms with Crippen LogP contribution in [0.15, 0.2) is 0 Å². The number of nitrogens with one attached hydrogen (secondary N) is 1. The van der Waals surface area contributed by atoms with E-state index in [-0.39, 0.29) is 31.4 Å². The minimum absolute atomic E-state index is 0.00406. The Bertz CT molecular complexity index is 233. The summed E-state index contributed by atoms with van der Waals surface area (Å²) in [5.41, 5.74) is 5.65. The fraction of sp³-hybridized carbons (Fsp3) is 0.800. The van der Waals surface area contributed by atoms with Crippen LogP contribution in [0.4, 0.5) is 0 Å². The van der Waals surface area contributed by atoms with Crippen LogP contribution in [0.5, 0.6) is 0 Å². The van der Waals surface area contributed by atoms with Gasteiger partial charge in [-0.2, -0.15) is 0 Å². The van der Waals surface area contributed by atoms with Gasteiger partial charge in [0.15, 0.2) is 0 Å². The van der Waals surface area contributed by atoms with Crippen LogP contribution in [-0.4, -0.2) is 40.8 Å². The molecular formula is C10H20N2O4. The molecule has 0 fully saturated rings. The molecule has 0 saturated carbocycles. The lowest BCUT2D eigenvalue weighted by Gasteiger charge is -2.15. The third kappa shape index (κ3) is 6.36. The molecule has 0 bridgehead atoms. The van der Waals surface area contributed by atoms with Crippen LogP contribution in [0.3, 0.4) is 0 Å². The van der Waals surface area contributed by atoms with Gasteiger partial charge in [0.2, 0.25) is 5.91 Å². The van der Waals surface area contributed by atoms with Crippen molar-refractivity contribution in [2.45, 2.75) is 44.7 Å². The Hall–Kier alpha value is -1.14. The average Bonchev–Trinajstić information content (AvgIpc) is 2.16. The maximum Gasteiger partial charge on any atom is 0.326 e. The third-order valence-electron chi connectivity index (χ3n) is 2.16. The highest BCUT2D eigenvalue weighted by atomic mass is 16.4. The summed E-state index contributed by atoms with van der Waals surface area (Å²) in [6.07, 6.45) is 1.73. The molecule has 16 heavy (non-hydrogen) atoms. The molecule has 5 N–H and O–H groups in total. The van der Waals surface area contributed by atoms with E-state index < -0.39 is 12.0 Å². The molecule has 0 aromatic rings. The molecule has 0 aromatic heterocycles. The molecule has 0 rings (SSSR count). The molecule has 1 amide bonds. The summed E-state index contributed by atoms with van der Waals surface area (Å²) in [5, 5.41) is 19.7. The standard InChI is InChI=1S/C10H20N2O4/c1-2-3-7(11)6-9(14)12-8(4-5-13)10(15)16/h7-8,13H,2-6,11H2,1H3,(H,12,14)(H,15,16)/t7?,8-/m1/s1. The Labute approximate surface area is 94.8 Å². The maximum atomic E-state index is 11.4. The molecule has 0 aliphatic carbocycles. The minimum atomic E-state index is -1.15. The summed E-state index contributed by atoms with van der Waals surface area (Å²) in [6.45, 7) is 1.68. The van der Waals surface area contributed by atoms with Crippen LogP contribution < -0.4 is 11.1 Å². The zero-order valence-electron chi connectivity index (χ0n) is 9.48. The van der Waals surface area contributed by atoms with Gasteiger partial charge in [0, 0.05) is 25.5 Å². The molecule has 0 spiro atoms. The first-order valence-corrected chi connectivity index (χ1v) is 5.39. The van der Waals surface area contributed by atoms with Gasteiger partial charge in [-0.05, 0) is 6.42 Å². The molecular weight excluding hydrogens is 212 g/mol. The van der Waals surface area contributed by atoms with Crippen LogP contribution in [0.1, 0.15) is 32.6 Å². The summed E-state index contributed by atoms with van der Waals surface area (Å²) in [6, 6.07) is -1.28. The summed E-state index contributed by atoms with van der Waals surface area (Å²) < 4.78 is 0. The van der Waals surface area contributed by atoms with Crippen molar-refractivity contribution >= 4 is 11.9 Å². The number of aliphatic hydroxyl groups is 1. The fourth-order valence-electron chi connectivity index (χ4n) is 1.35. The fourth-order valence-corrected chi connectivity index (χ4v) is 1.35. The zero-order chi connectivity index (χ0) is 12.6. The lowest BCUT2D eigenvalue weighted by Crippen LogP contribution is -2.43. The van der Waals surface area contributed by atoms with Crippen LogP contribution >= 0.6 is 0 Å². The second-order valence-electron chi connectivity index (χ2n) is 3.72. The number of carbonyl (C=O) groups excluding carboxylic acids is 1. The third-order valence-corrected chi connectivity index (χ3v) is 2.16. The Morgan fingerprint density at radius 1 is 1.38 bits per heavy atom. The highest BCUT2D eigenvalue weighted by molar-refractivity contribution is 5.83. The van der Waals surface area contributed by atoms with Crippen LogP contribution in [0.25, 0.3) is 0 Å². The van der Waals surface area contributed by atoms with Gasteiger partial charge >= 0.3 is 5.97 Å². The second kappa shape index (κ2) is 8.06. The highest BCUT2D eigenvalue weighted by Crippen LogP contribution is 1.99. The lowest BCUT2D eigenvalue weighted by molar-refractivity contribution is -0.142. The van der Waals surface area contributed by atoms with Gasteiger partial charge in [-0.15, -0.1) is 0 Å². The van der Waals surface area contributed by atoms with Crippen molar-refractivity contribution in [3.8, 4) is 0 Å². The summed E-state index contributed by atoms with van der Waals surface area (Å²) in [7, 11) is 0. The Morgan fingerprint density at radius 3 is 2.44 bits per heavy atom. The average molecular weight is 232 g/mol. The Balaban J connectivity index is 4.04. The Kier molecular flexibility index (Phi) is 7.49. The van der Waals surface area contributed by atoms with Gasteiger partial charge in [0.05, 0.1) is 0 Å². The number of carboxylic acids is 1. The van der Waals surface area contributed by atoms with Crippen molar-refractivity contribution in [1.29, 1.82) is 0 Å². The lowest BCUT2D eigenvalue weighted by atomic mass is 10.1. The number of hydrogen-bond acceptors (Lipinski definition) is 4. The van der Waals surface area contributed by atoms with E-state index >= 15 is 0 Å². The summed E-state index contributed by atoms with van der Waals surface area (Å²) >= 11 is 0. The van der Waals surface area contributed by atoms with E-state index in [9.17, 15) is 9.59 Å². The van der Waals surface area contributed by atoms with Gasteiger partial charge < -0.3 is 21.3 Å². The molecule has 2 atom stereocenters. The summed E-state index contributed by atoms with van der Waals surface area (Å²) in [5.74, 6) is -1.53. The monoisotopic (exact) mass is 232 g/mol. The number of hydrogen-bond donors (Lipinski definition) is 4. The molecule has 0 aliphatic rings. The number of aliphatic hydroxyl groups excluding tert-OH is 1. The molecule has 0 heterocycles. The van der Waals surface area contributed by atoms with Gasteiger partial charge in [-0.25, -0.2) is 4.79 Å². The van der Waals surface area contributed by atoms with Gasteiger partial charge in [-0.3, -0.25) is 4.79 Å². The Morgan fingerprint density at radius 2 is 2.00 bits per heavy atom. The van der Waals surface area contributed by atoms with Crippen LogP contribution in [0.2, 0.25) is 0 Å². The molecule has 6 nitrogen and oxygen atoms in total. The van der Waals surface area contributed by atoms with Crippen molar-refractivity contribution in [1.82, 2.24) is 5.32 Å². The first-order valence-electron chi connectivity index (χ1n) is 5.39. The number of aliphatic carboxylic acids is 1. The molecule has 94 valence electrons. The van der Waals surface area contributed by atoms with Crippen molar-refractivity contribution in [2.75, 3.05) is 6.61 Å². The summed E-state index contributed by atoms with van der Waals surface area (Å²) in [4.78, 5) is 22.1. The number of amides is 1. The first-order chi connectivity index (χ1) is 7.51. The first kappa shape index (κ1) is 14.9. The topological polar surface area (TPSA) is 113 Å². The van der Waals surface area contributed by atoms with E-state index in [0.717, 1.165) is 12.8 Å². The quantitative estimate of drug-likeness (QED) is 0.449. The number of rotatable bonds is 8. The van der Waals surface area contributed by atoms with Crippen molar-refractivity contribution < 1.29 is 19.8 Å². The van der Waals surface area contributed by atoms with E-state index in [4.69, 9.17) is 15.9 Å². The number of carbonyl (C=O) groups is 2. The van der Waals surface area contributed by atoms with E-state index in [1.807, 2.05) is 6.92 Å². The molecule has 0 saturated heterocycles. The molecule has 0 aliphatic heterocycles. The minimum Gasteiger partial charge on any atom is -0.480 e. The maximum absolute atomic E-state index is 11.4. The van der Waals surface area contributed by atoms with Gasteiger partial charge in [-0.1, -0.05) is 13.3 Å². The SMILES string of the molecule is CCCC(N)CC(=O)N[C@H](CCO)C(=O)O. The van der Waals surface area contributed by atoms with Gasteiger partial charge in [0.1, 0.15) is 6.04 Å². The number of carboxylic acid groups (broad SMARTS) is 1. The highest BCUT2D eigenvalue weighted by Gasteiger charge is 2.19. The van der Waals surface area contributed by atoms with E-state index in [1.165, 1.54) is 0 Å². The van der Waals surface area contributed by atoms with E-state index in [1.54, 1.807) is 0 Å². The van der Waals surface area contributed by atoms with Gasteiger partial charge in [0.25, 0.3) is 0 Å². The molecule has 1 unspecified atom stereocenters. The normalized spacial score (nSPS) is 14.2. The number of nitrogens with two attached hydrogens (primary N) is 1. The largest absolute Gasteiger partial charge is 0.480 e. The van der Waals surface area contributed by atoms with Crippen LogP contribution in [-0.2, 0) is 9.59 Å². The molecule has 0 aromatic carbocycles. The van der Waals surface area contributed by atoms with Crippen LogP contribution in [0, 0.1) is 0 Å². The van der Waals surface area contributed by atoms with E-state index in [0.29, 0.717) is 0 Å². The van der Waals surface area contributed by atoms with Crippen molar-refractivity contribution in [3.63, 3.8) is 0 Å². The molecule has 6 heteroatoms. The predicted molar refractivity (Wildman–Crippen MR) is 58.8 cm³/mol. The van der Waals surface area contributed by atoms with E-state index in [2.05, 4.69) is 5.32 Å². The smallest absolute Gasteiger partial charge is 0.326 e.